The lowest BCUT2D eigenvalue weighted by Gasteiger charge is -2.10. The maximum atomic E-state index is 13.4. The van der Waals surface area contributed by atoms with Crippen LogP contribution in [0.3, 0.4) is 0 Å². The number of carboxylic acid groups (broad SMARTS) is 1. The molecule has 2 aromatic carbocycles. The monoisotopic (exact) mass is 387 g/mol. The third kappa shape index (κ3) is 3.65. The summed E-state index contributed by atoms with van der Waals surface area (Å²) in [5.74, 6) is -2.62. The molecule has 3 rings (SSSR count). The lowest BCUT2D eigenvalue weighted by atomic mass is 10.0. The summed E-state index contributed by atoms with van der Waals surface area (Å²) in [5, 5.41) is 20.9. The lowest BCUT2D eigenvalue weighted by molar-refractivity contribution is -0.138. The van der Waals surface area contributed by atoms with E-state index in [1.54, 1.807) is 24.3 Å². The Morgan fingerprint density at radius 3 is 2.52 bits per heavy atom. The van der Waals surface area contributed by atoms with E-state index in [2.05, 4.69) is 5.32 Å². The van der Waals surface area contributed by atoms with Gasteiger partial charge in [0.2, 0.25) is 5.43 Å². The van der Waals surface area contributed by atoms with Crippen LogP contribution in [0.15, 0.2) is 47.3 Å². The van der Waals surface area contributed by atoms with Gasteiger partial charge >= 0.3 is 5.97 Å². The van der Waals surface area contributed by atoms with Crippen molar-refractivity contribution in [3.63, 3.8) is 0 Å². The van der Waals surface area contributed by atoms with Crippen molar-refractivity contribution in [2.45, 2.75) is 13.0 Å². The highest BCUT2D eigenvalue weighted by Crippen LogP contribution is 2.31. The Kier molecular flexibility index (Phi) is 4.91. The summed E-state index contributed by atoms with van der Waals surface area (Å²) in [6, 6.07) is 9.45. The topological polar surface area (TPSA) is 104 Å². The first-order chi connectivity index (χ1) is 12.8. The predicted molar refractivity (Wildman–Crippen MR) is 99.7 cm³/mol. The summed E-state index contributed by atoms with van der Waals surface area (Å²) < 4.78 is 13.8. The number of nitrogens with one attached hydrogen (secondary N) is 1. The fourth-order valence-corrected chi connectivity index (χ4v) is 3.51. The molecule has 0 saturated carbocycles. The molecule has 1 atom stereocenters. The van der Waals surface area contributed by atoms with Crippen LogP contribution in [0.4, 0.5) is 4.39 Å². The van der Waals surface area contributed by atoms with E-state index in [4.69, 9.17) is 5.11 Å². The van der Waals surface area contributed by atoms with E-state index in [0.717, 1.165) is 11.3 Å². The molecule has 0 fully saturated rings. The third-order valence-electron chi connectivity index (χ3n) is 3.98. The predicted octanol–water partition coefficient (Wildman–Crippen LogP) is 2.98. The minimum absolute atomic E-state index is 0.200. The molecule has 0 aliphatic carbocycles. The Morgan fingerprint density at radius 1 is 1.15 bits per heavy atom. The maximum absolute atomic E-state index is 13.4. The number of fused-ring (bicyclic) bond motifs is 1. The van der Waals surface area contributed by atoms with Crippen LogP contribution < -0.4 is 10.7 Å². The van der Waals surface area contributed by atoms with Crippen LogP contribution in [0.25, 0.3) is 21.2 Å². The number of halogens is 1. The molecule has 138 valence electrons. The Hall–Kier alpha value is -3.26. The van der Waals surface area contributed by atoms with Crippen LogP contribution in [0.2, 0.25) is 0 Å². The summed E-state index contributed by atoms with van der Waals surface area (Å²) >= 11 is 0.813. The Balaban J connectivity index is 2.08. The molecule has 0 radical (unpaired) electrons. The number of hydrogen-bond donors (Lipinski definition) is 3. The average Bonchev–Trinajstić information content (AvgIpc) is 2.61. The first-order valence-corrected chi connectivity index (χ1v) is 8.69. The number of rotatable bonds is 4. The van der Waals surface area contributed by atoms with Crippen LogP contribution in [-0.4, -0.2) is 28.1 Å². The number of carbonyl (C=O) groups is 2. The van der Waals surface area contributed by atoms with Crippen LogP contribution in [0, 0.1) is 5.82 Å². The van der Waals surface area contributed by atoms with Gasteiger partial charge in [-0.1, -0.05) is 29.5 Å². The molecule has 1 unspecified atom stereocenters. The van der Waals surface area contributed by atoms with Gasteiger partial charge in [-0.3, -0.25) is 14.4 Å². The Morgan fingerprint density at radius 2 is 1.85 bits per heavy atom. The first-order valence-electron chi connectivity index (χ1n) is 7.87. The number of hydrogen-bond acceptors (Lipinski definition) is 5. The minimum Gasteiger partial charge on any atom is -0.499 e. The summed E-state index contributed by atoms with van der Waals surface area (Å²) in [5.41, 5.74) is 0.0446. The van der Waals surface area contributed by atoms with Gasteiger partial charge in [-0.25, -0.2) is 4.39 Å². The summed E-state index contributed by atoms with van der Waals surface area (Å²) in [6.07, 6.45) is 0. The highest BCUT2D eigenvalue weighted by molar-refractivity contribution is 7.20. The van der Waals surface area contributed by atoms with Gasteiger partial charge in [0.15, 0.2) is 5.06 Å². The minimum atomic E-state index is -1.26. The van der Waals surface area contributed by atoms with Gasteiger partial charge in [-0.05, 0) is 42.3 Å². The zero-order valence-electron chi connectivity index (χ0n) is 14.0. The highest BCUT2D eigenvalue weighted by atomic mass is 32.1. The molecule has 27 heavy (non-hydrogen) atoms. The molecule has 0 saturated heterocycles. The molecular weight excluding hydrogens is 373 g/mol. The van der Waals surface area contributed by atoms with E-state index in [9.17, 15) is 23.9 Å². The second-order valence-electron chi connectivity index (χ2n) is 5.87. The van der Waals surface area contributed by atoms with Crippen molar-refractivity contribution in [1.82, 2.24) is 5.32 Å². The second-order valence-corrected chi connectivity index (χ2v) is 6.90. The van der Waals surface area contributed by atoms with Crippen molar-refractivity contribution in [2.75, 3.05) is 0 Å². The van der Waals surface area contributed by atoms with Crippen LogP contribution in [-0.2, 0) is 4.79 Å². The van der Waals surface area contributed by atoms with Crippen molar-refractivity contribution >= 4 is 33.3 Å². The molecule has 1 heterocycles. The molecule has 1 aromatic heterocycles. The van der Waals surface area contributed by atoms with Crippen molar-refractivity contribution < 1.29 is 24.2 Å². The largest absolute Gasteiger partial charge is 0.499 e. The number of aliphatic carboxylic acids is 1. The van der Waals surface area contributed by atoms with E-state index in [1.807, 2.05) is 0 Å². The SMILES string of the molecule is CC(NC(=O)c1c(O)sc2cc(-c3cccc(F)c3)ccc2c1=O)C(=O)O. The quantitative estimate of drug-likeness (QED) is 0.639. The summed E-state index contributed by atoms with van der Waals surface area (Å²) in [4.78, 5) is 35.7. The molecule has 8 heteroatoms. The van der Waals surface area contributed by atoms with Crippen molar-refractivity contribution in [1.29, 1.82) is 0 Å². The van der Waals surface area contributed by atoms with Gasteiger partial charge in [0.25, 0.3) is 5.91 Å². The van der Waals surface area contributed by atoms with Crippen molar-refractivity contribution in [3.8, 4) is 16.2 Å². The van der Waals surface area contributed by atoms with E-state index >= 15 is 0 Å². The molecule has 0 bridgehead atoms. The first kappa shape index (κ1) is 18.5. The van der Waals surface area contributed by atoms with Gasteiger partial charge in [-0.15, -0.1) is 0 Å². The van der Waals surface area contributed by atoms with Crippen LogP contribution >= 0.6 is 11.3 Å². The van der Waals surface area contributed by atoms with Gasteiger partial charge in [0.1, 0.15) is 17.4 Å². The standard InChI is InChI=1S/C19H14FNO5S/c1-9(18(24)25)21-17(23)15-16(22)13-6-5-11(8-14(13)27-19(15)26)10-3-2-4-12(20)7-10/h2-9,26H,1H3,(H,21,23)(H,24,25). The van der Waals surface area contributed by atoms with E-state index in [-0.39, 0.29) is 5.39 Å². The molecule has 3 aromatic rings. The highest BCUT2D eigenvalue weighted by Gasteiger charge is 2.23. The molecule has 1 amide bonds. The molecular formula is C19H14FNO5S. The van der Waals surface area contributed by atoms with Gasteiger partial charge in [0, 0.05) is 10.1 Å². The Bertz CT molecular complexity index is 1120. The third-order valence-corrected chi connectivity index (χ3v) is 4.93. The van der Waals surface area contributed by atoms with Crippen LogP contribution in [0.5, 0.6) is 5.06 Å². The smallest absolute Gasteiger partial charge is 0.325 e. The maximum Gasteiger partial charge on any atom is 0.325 e. The summed E-state index contributed by atoms with van der Waals surface area (Å²) in [7, 11) is 0. The fraction of sp³-hybridized carbons (Fsp3) is 0.105. The number of carboxylic acids is 1. The molecule has 0 aliphatic heterocycles. The number of carbonyl (C=O) groups excluding carboxylic acids is 1. The Labute approximate surface area is 156 Å². The normalized spacial score (nSPS) is 11.9. The van der Waals surface area contributed by atoms with E-state index in [0.29, 0.717) is 15.8 Å². The zero-order valence-corrected chi connectivity index (χ0v) is 14.8. The molecule has 0 aliphatic rings. The van der Waals surface area contributed by atoms with Crippen LogP contribution in [0.1, 0.15) is 17.3 Å². The van der Waals surface area contributed by atoms with E-state index < -0.39 is 39.8 Å². The summed E-state index contributed by atoms with van der Waals surface area (Å²) in [6.45, 7) is 1.25. The number of benzene rings is 2. The van der Waals surface area contributed by atoms with Gasteiger partial charge in [-0.2, -0.15) is 0 Å². The van der Waals surface area contributed by atoms with Crippen molar-refractivity contribution in [3.05, 3.63) is 64.1 Å². The zero-order chi connectivity index (χ0) is 19.7. The lowest BCUT2D eigenvalue weighted by Crippen LogP contribution is -2.40. The van der Waals surface area contributed by atoms with Crippen molar-refractivity contribution in [2.24, 2.45) is 0 Å². The second kappa shape index (κ2) is 7.16. The number of amides is 1. The van der Waals surface area contributed by atoms with Gasteiger partial charge < -0.3 is 15.5 Å². The molecule has 0 spiro atoms. The molecule has 6 nitrogen and oxygen atoms in total. The van der Waals surface area contributed by atoms with Gasteiger partial charge in [0.05, 0.1) is 0 Å². The number of aromatic hydroxyl groups is 1. The molecule has 3 N–H and O–H groups in total. The average molecular weight is 387 g/mol. The fourth-order valence-electron chi connectivity index (χ4n) is 2.56. The van der Waals surface area contributed by atoms with E-state index in [1.165, 1.54) is 25.1 Å².